The molecule has 1 aliphatic carbocycles. The van der Waals surface area contributed by atoms with Crippen molar-refractivity contribution in [2.75, 3.05) is 25.5 Å². The summed E-state index contributed by atoms with van der Waals surface area (Å²) in [6.45, 7) is 5.63. The molecule has 1 N–H and O–H groups in total. The Hall–Kier alpha value is -1.09. The Morgan fingerprint density at radius 3 is 2.88 bits per heavy atom. The van der Waals surface area contributed by atoms with E-state index in [1.54, 1.807) is 0 Å². The van der Waals surface area contributed by atoms with Crippen LogP contribution in [0.2, 0.25) is 0 Å². The van der Waals surface area contributed by atoms with Crippen LogP contribution in [0.25, 0.3) is 0 Å². The lowest BCUT2D eigenvalue weighted by atomic mass is 10.1. The first kappa shape index (κ1) is 12.4. The SMILES string of the molecule is CNC(C)c1cccnc1N(C)CC1CC1C. The second kappa shape index (κ2) is 5.05. The van der Waals surface area contributed by atoms with E-state index in [2.05, 4.69) is 42.2 Å². The van der Waals surface area contributed by atoms with Crippen LogP contribution in [0.4, 0.5) is 5.82 Å². The maximum absolute atomic E-state index is 4.54. The third-order valence-corrected chi connectivity index (χ3v) is 3.86. The summed E-state index contributed by atoms with van der Waals surface area (Å²) >= 11 is 0. The molecule has 1 aromatic rings. The average molecular weight is 233 g/mol. The van der Waals surface area contributed by atoms with Gasteiger partial charge < -0.3 is 10.2 Å². The topological polar surface area (TPSA) is 28.2 Å². The van der Waals surface area contributed by atoms with Crippen molar-refractivity contribution in [2.24, 2.45) is 11.8 Å². The lowest BCUT2D eigenvalue weighted by Crippen LogP contribution is -2.25. The smallest absolute Gasteiger partial charge is 0.133 e. The van der Waals surface area contributed by atoms with E-state index in [4.69, 9.17) is 0 Å². The van der Waals surface area contributed by atoms with Crippen LogP contribution >= 0.6 is 0 Å². The molecule has 1 fully saturated rings. The highest BCUT2D eigenvalue weighted by atomic mass is 15.2. The normalized spacial score (nSPS) is 24.5. The predicted octanol–water partition coefficient (Wildman–Crippen LogP) is 2.45. The van der Waals surface area contributed by atoms with E-state index in [1.165, 1.54) is 12.0 Å². The van der Waals surface area contributed by atoms with Gasteiger partial charge in [0.15, 0.2) is 0 Å². The summed E-state index contributed by atoms with van der Waals surface area (Å²) in [7, 11) is 4.14. The zero-order valence-corrected chi connectivity index (χ0v) is 11.3. The minimum absolute atomic E-state index is 0.345. The van der Waals surface area contributed by atoms with Gasteiger partial charge in [0, 0.05) is 31.4 Å². The molecule has 1 saturated carbocycles. The van der Waals surface area contributed by atoms with Gasteiger partial charge >= 0.3 is 0 Å². The number of pyridine rings is 1. The Morgan fingerprint density at radius 2 is 2.29 bits per heavy atom. The molecule has 94 valence electrons. The second-order valence-electron chi connectivity index (χ2n) is 5.28. The highest BCUT2D eigenvalue weighted by molar-refractivity contribution is 5.47. The van der Waals surface area contributed by atoms with Crippen LogP contribution in [0, 0.1) is 11.8 Å². The molecule has 0 aromatic carbocycles. The van der Waals surface area contributed by atoms with E-state index >= 15 is 0 Å². The van der Waals surface area contributed by atoms with Crippen molar-refractivity contribution in [2.45, 2.75) is 26.3 Å². The van der Waals surface area contributed by atoms with E-state index in [9.17, 15) is 0 Å². The third kappa shape index (κ3) is 2.78. The maximum atomic E-state index is 4.54. The van der Waals surface area contributed by atoms with Gasteiger partial charge in [-0.15, -0.1) is 0 Å². The number of aromatic nitrogens is 1. The van der Waals surface area contributed by atoms with Gasteiger partial charge in [-0.2, -0.15) is 0 Å². The van der Waals surface area contributed by atoms with Gasteiger partial charge in [-0.25, -0.2) is 4.98 Å². The van der Waals surface area contributed by atoms with E-state index in [1.807, 2.05) is 19.3 Å². The van der Waals surface area contributed by atoms with Crippen molar-refractivity contribution >= 4 is 5.82 Å². The van der Waals surface area contributed by atoms with Gasteiger partial charge in [0.05, 0.1) is 0 Å². The van der Waals surface area contributed by atoms with E-state index in [0.717, 1.165) is 24.2 Å². The van der Waals surface area contributed by atoms with Crippen LogP contribution in [0.3, 0.4) is 0 Å². The highest BCUT2D eigenvalue weighted by Gasteiger charge is 2.33. The van der Waals surface area contributed by atoms with Crippen molar-refractivity contribution in [3.63, 3.8) is 0 Å². The first-order valence-corrected chi connectivity index (χ1v) is 6.46. The number of rotatable bonds is 5. The lowest BCUT2D eigenvalue weighted by Gasteiger charge is -2.23. The van der Waals surface area contributed by atoms with Gasteiger partial charge in [0.25, 0.3) is 0 Å². The summed E-state index contributed by atoms with van der Waals surface area (Å²) in [5.41, 5.74) is 1.28. The molecule has 3 heteroatoms. The number of hydrogen-bond acceptors (Lipinski definition) is 3. The Bertz CT molecular complexity index is 377. The van der Waals surface area contributed by atoms with Gasteiger partial charge in [0.1, 0.15) is 5.82 Å². The quantitative estimate of drug-likeness (QED) is 0.846. The number of nitrogens with zero attached hydrogens (tertiary/aromatic N) is 2. The molecule has 0 amide bonds. The Kier molecular flexibility index (Phi) is 3.67. The van der Waals surface area contributed by atoms with Crippen molar-refractivity contribution in [3.05, 3.63) is 23.9 Å². The zero-order valence-electron chi connectivity index (χ0n) is 11.3. The first-order valence-electron chi connectivity index (χ1n) is 6.46. The molecule has 3 unspecified atom stereocenters. The van der Waals surface area contributed by atoms with Gasteiger partial charge in [-0.1, -0.05) is 13.0 Å². The molecule has 1 aromatic heterocycles. The molecule has 1 aliphatic rings. The molecule has 0 spiro atoms. The molecule has 2 rings (SSSR count). The molecule has 3 atom stereocenters. The highest BCUT2D eigenvalue weighted by Crippen LogP contribution is 2.39. The number of anilines is 1. The van der Waals surface area contributed by atoms with Gasteiger partial charge in [-0.05, 0) is 38.3 Å². The molecule has 3 nitrogen and oxygen atoms in total. The molecule has 0 bridgehead atoms. The zero-order chi connectivity index (χ0) is 12.4. The molecule has 1 heterocycles. The molecule has 0 radical (unpaired) electrons. The molecule has 0 saturated heterocycles. The van der Waals surface area contributed by atoms with E-state index < -0.39 is 0 Å². The van der Waals surface area contributed by atoms with E-state index in [0.29, 0.717) is 6.04 Å². The maximum Gasteiger partial charge on any atom is 0.133 e. The lowest BCUT2D eigenvalue weighted by molar-refractivity contribution is 0.641. The largest absolute Gasteiger partial charge is 0.359 e. The summed E-state index contributed by atoms with van der Waals surface area (Å²) < 4.78 is 0. The summed E-state index contributed by atoms with van der Waals surface area (Å²) in [5, 5.41) is 3.29. The Labute approximate surface area is 104 Å². The first-order chi connectivity index (χ1) is 8.13. The van der Waals surface area contributed by atoms with Crippen LogP contribution in [-0.2, 0) is 0 Å². The van der Waals surface area contributed by atoms with Crippen LogP contribution in [0.15, 0.2) is 18.3 Å². The summed E-state index contributed by atoms with van der Waals surface area (Å²) in [6, 6.07) is 4.52. The summed E-state index contributed by atoms with van der Waals surface area (Å²) in [6.07, 6.45) is 3.25. The molecule has 0 aliphatic heterocycles. The third-order valence-electron chi connectivity index (χ3n) is 3.86. The van der Waals surface area contributed by atoms with Crippen LogP contribution in [0.5, 0.6) is 0 Å². The molecular weight excluding hydrogens is 210 g/mol. The number of hydrogen-bond donors (Lipinski definition) is 1. The number of nitrogens with one attached hydrogen (secondary N) is 1. The van der Waals surface area contributed by atoms with Crippen molar-refractivity contribution in [1.82, 2.24) is 10.3 Å². The Morgan fingerprint density at radius 1 is 1.59 bits per heavy atom. The van der Waals surface area contributed by atoms with Gasteiger partial charge in [0.2, 0.25) is 0 Å². The van der Waals surface area contributed by atoms with E-state index in [-0.39, 0.29) is 0 Å². The fourth-order valence-electron chi connectivity index (χ4n) is 2.31. The standard InChI is InChI=1S/C14H23N3/c1-10-8-12(10)9-17(4)14-13(11(2)15-3)6-5-7-16-14/h5-7,10-12,15H,8-9H2,1-4H3. The predicted molar refractivity (Wildman–Crippen MR) is 72.3 cm³/mol. The molecule has 17 heavy (non-hydrogen) atoms. The minimum Gasteiger partial charge on any atom is -0.359 e. The van der Waals surface area contributed by atoms with Crippen molar-refractivity contribution in [1.29, 1.82) is 0 Å². The van der Waals surface area contributed by atoms with Crippen LogP contribution in [0.1, 0.15) is 31.9 Å². The van der Waals surface area contributed by atoms with Crippen molar-refractivity contribution < 1.29 is 0 Å². The second-order valence-corrected chi connectivity index (χ2v) is 5.28. The monoisotopic (exact) mass is 233 g/mol. The fourth-order valence-corrected chi connectivity index (χ4v) is 2.31. The van der Waals surface area contributed by atoms with Crippen molar-refractivity contribution in [3.8, 4) is 0 Å². The molecular formula is C14H23N3. The average Bonchev–Trinajstić information content (AvgIpc) is 3.03. The Balaban J connectivity index is 2.12. The fraction of sp³-hybridized carbons (Fsp3) is 0.643. The van der Waals surface area contributed by atoms with Crippen LogP contribution in [-0.4, -0.2) is 25.6 Å². The summed E-state index contributed by atoms with van der Waals surface area (Å²) in [5.74, 6) is 2.87. The minimum atomic E-state index is 0.345. The summed E-state index contributed by atoms with van der Waals surface area (Å²) in [4.78, 5) is 6.84. The van der Waals surface area contributed by atoms with Crippen LogP contribution < -0.4 is 10.2 Å². The van der Waals surface area contributed by atoms with Gasteiger partial charge in [-0.3, -0.25) is 0 Å².